The van der Waals surface area contributed by atoms with E-state index in [1.54, 1.807) is 7.11 Å². The minimum absolute atomic E-state index is 0.0696. The molecule has 0 unspecified atom stereocenters. The van der Waals surface area contributed by atoms with E-state index in [-0.39, 0.29) is 5.91 Å². The van der Waals surface area contributed by atoms with Gasteiger partial charge in [0.1, 0.15) is 0 Å². The molecule has 4 heteroatoms. The van der Waals surface area contributed by atoms with Crippen molar-refractivity contribution in [1.82, 2.24) is 10.6 Å². The zero-order valence-corrected chi connectivity index (χ0v) is 13.4. The molecule has 21 heavy (non-hydrogen) atoms. The molecular weight excluding hydrogens is 264 g/mol. The predicted molar refractivity (Wildman–Crippen MR) is 86.4 cm³/mol. The molecule has 2 N–H and O–H groups in total. The highest BCUT2D eigenvalue weighted by Crippen LogP contribution is 2.10. The average Bonchev–Trinajstić information content (AvgIpc) is 2.44. The summed E-state index contributed by atoms with van der Waals surface area (Å²) in [6.45, 7) is 7.33. The summed E-state index contributed by atoms with van der Waals surface area (Å²) in [5.74, 6) is 0.727. The Morgan fingerprint density at radius 2 is 1.76 bits per heavy atom. The lowest BCUT2D eigenvalue weighted by molar-refractivity contribution is -0.120. The monoisotopic (exact) mass is 292 g/mol. The normalized spacial score (nSPS) is 10.9. The highest BCUT2D eigenvalue weighted by molar-refractivity contribution is 5.78. The van der Waals surface area contributed by atoms with Crippen molar-refractivity contribution in [3.8, 4) is 0 Å². The van der Waals surface area contributed by atoms with Crippen molar-refractivity contribution in [2.45, 2.75) is 26.7 Å². The van der Waals surface area contributed by atoms with Crippen LogP contribution in [-0.2, 0) is 22.4 Å². The van der Waals surface area contributed by atoms with E-state index in [2.05, 4.69) is 36.6 Å². The first-order chi connectivity index (χ1) is 10.1. The summed E-state index contributed by atoms with van der Waals surface area (Å²) in [4.78, 5) is 11.8. The summed E-state index contributed by atoms with van der Waals surface area (Å²) in [5, 5.41) is 6.10. The van der Waals surface area contributed by atoms with Gasteiger partial charge in [-0.05, 0) is 23.5 Å². The fraction of sp³-hybridized carbons (Fsp3) is 0.588. The largest absolute Gasteiger partial charge is 0.383 e. The van der Waals surface area contributed by atoms with Crippen LogP contribution < -0.4 is 10.6 Å². The maximum absolute atomic E-state index is 11.8. The standard InChI is InChI=1S/C17H28N2O2/c1-14(2)12-15-4-6-16(7-5-15)13-17(20)19-9-8-18-10-11-21-3/h4-7,14,18H,8-13H2,1-3H3,(H,19,20). The molecule has 0 aliphatic rings. The van der Waals surface area contributed by atoms with Gasteiger partial charge in [-0.2, -0.15) is 0 Å². The molecular formula is C17H28N2O2. The van der Waals surface area contributed by atoms with Crippen LogP contribution in [0.5, 0.6) is 0 Å². The van der Waals surface area contributed by atoms with Gasteiger partial charge in [-0.3, -0.25) is 4.79 Å². The van der Waals surface area contributed by atoms with Crippen LogP contribution in [0.1, 0.15) is 25.0 Å². The summed E-state index contributed by atoms with van der Waals surface area (Å²) in [6.07, 6.45) is 1.53. The number of hydrogen-bond donors (Lipinski definition) is 2. The Labute approximate surface area is 128 Å². The Balaban J connectivity index is 2.21. The lowest BCUT2D eigenvalue weighted by atomic mass is 10.0. The molecule has 0 fully saturated rings. The molecule has 1 amide bonds. The molecule has 0 heterocycles. The minimum Gasteiger partial charge on any atom is -0.383 e. The first-order valence-electron chi connectivity index (χ1n) is 7.66. The van der Waals surface area contributed by atoms with Crippen LogP contribution >= 0.6 is 0 Å². The molecule has 0 radical (unpaired) electrons. The maximum Gasteiger partial charge on any atom is 0.224 e. The van der Waals surface area contributed by atoms with E-state index in [0.29, 0.717) is 25.5 Å². The number of amides is 1. The van der Waals surface area contributed by atoms with Crippen LogP contribution in [0.15, 0.2) is 24.3 Å². The molecule has 0 bridgehead atoms. The Bertz CT molecular complexity index is 402. The Morgan fingerprint density at radius 1 is 1.10 bits per heavy atom. The molecule has 1 rings (SSSR count). The minimum atomic E-state index is 0.0696. The van der Waals surface area contributed by atoms with E-state index >= 15 is 0 Å². The van der Waals surface area contributed by atoms with E-state index in [4.69, 9.17) is 4.74 Å². The Hall–Kier alpha value is -1.39. The summed E-state index contributed by atoms with van der Waals surface area (Å²) >= 11 is 0. The van der Waals surface area contributed by atoms with Gasteiger partial charge in [0, 0.05) is 26.7 Å². The second-order valence-electron chi connectivity index (χ2n) is 5.68. The lowest BCUT2D eigenvalue weighted by Crippen LogP contribution is -2.33. The number of hydrogen-bond acceptors (Lipinski definition) is 3. The fourth-order valence-corrected chi connectivity index (χ4v) is 2.10. The van der Waals surface area contributed by atoms with E-state index in [9.17, 15) is 4.79 Å². The maximum atomic E-state index is 11.8. The van der Waals surface area contributed by atoms with Crippen LogP contribution in [0, 0.1) is 5.92 Å². The van der Waals surface area contributed by atoms with Gasteiger partial charge in [-0.25, -0.2) is 0 Å². The van der Waals surface area contributed by atoms with E-state index in [1.807, 2.05) is 12.1 Å². The Kier molecular flexibility index (Phi) is 8.71. The van der Waals surface area contributed by atoms with Crippen molar-refractivity contribution in [3.63, 3.8) is 0 Å². The average molecular weight is 292 g/mol. The third-order valence-corrected chi connectivity index (χ3v) is 3.14. The molecule has 1 aromatic rings. The molecule has 4 nitrogen and oxygen atoms in total. The summed E-state index contributed by atoms with van der Waals surface area (Å²) in [6, 6.07) is 8.34. The molecule has 0 aromatic heterocycles. The molecule has 0 aliphatic heterocycles. The lowest BCUT2D eigenvalue weighted by Gasteiger charge is -2.08. The van der Waals surface area contributed by atoms with Gasteiger partial charge in [0.25, 0.3) is 0 Å². The van der Waals surface area contributed by atoms with E-state index < -0.39 is 0 Å². The van der Waals surface area contributed by atoms with Gasteiger partial charge in [0.15, 0.2) is 0 Å². The van der Waals surface area contributed by atoms with Gasteiger partial charge in [-0.1, -0.05) is 38.1 Å². The van der Waals surface area contributed by atoms with Crippen LogP contribution in [0.3, 0.4) is 0 Å². The van der Waals surface area contributed by atoms with E-state index in [1.165, 1.54) is 5.56 Å². The molecule has 118 valence electrons. The summed E-state index contributed by atoms with van der Waals surface area (Å²) in [5.41, 5.74) is 2.39. The topological polar surface area (TPSA) is 50.4 Å². The number of nitrogens with one attached hydrogen (secondary N) is 2. The van der Waals surface area contributed by atoms with E-state index in [0.717, 1.165) is 25.1 Å². The predicted octanol–water partition coefficient (Wildman–Crippen LogP) is 1.78. The smallest absolute Gasteiger partial charge is 0.224 e. The van der Waals surface area contributed by atoms with Crippen molar-refractivity contribution in [3.05, 3.63) is 35.4 Å². The molecule has 0 saturated heterocycles. The van der Waals surface area contributed by atoms with Crippen LogP contribution in [-0.4, -0.2) is 39.3 Å². The molecule has 1 aromatic carbocycles. The number of carbonyl (C=O) groups is 1. The van der Waals surface area contributed by atoms with Crippen LogP contribution in [0.25, 0.3) is 0 Å². The number of methoxy groups -OCH3 is 1. The molecule has 0 saturated carbocycles. The Morgan fingerprint density at radius 3 is 2.38 bits per heavy atom. The van der Waals surface area contributed by atoms with Crippen molar-refractivity contribution >= 4 is 5.91 Å². The van der Waals surface area contributed by atoms with Gasteiger partial charge in [0.05, 0.1) is 13.0 Å². The zero-order chi connectivity index (χ0) is 15.5. The fourth-order valence-electron chi connectivity index (χ4n) is 2.10. The number of rotatable bonds is 10. The quantitative estimate of drug-likeness (QED) is 0.646. The van der Waals surface area contributed by atoms with Crippen LogP contribution in [0.4, 0.5) is 0 Å². The molecule has 0 atom stereocenters. The highest BCUT2D eigenvalue weighted by Gasteiger charge is 2.03. The summed E-state index contributed by atoms with van der Waals surface area (Å²) < 4.78 is 4.93. The van der Waals surface area contributed by atoms with Crippen molar-refractivity contribution in [2.24, 2.45) is 5.92 Å². The number of benzene rings is 1. The van der Waals surface area contributed by atoms with Gasteiger partial charge >= 0.3 is 0 Å². The van der Waals surface area contributed by atoms with Crippen molar-refractivity contribution in [1.29, 1.82) is 0 Å². The van der Waals surface area contributed by atoms with Gasteiger partial charge in [-0.15, -0.1) is 0 Å². The first-order valence-corrected chi connectivity index (χ1v) is 7.66. The number of carbonyl (C=O) groups excluding carboxylic acids is 1. The van der Waals surface area contributed by atoms with Crippen molar-refractivity contribution < 1.29 is 9.53 Å². The third-order valence-electron chi connectivity index (χ3n) is 3.14. The van der Waals surface area contributed by atoms with Gasteiger partial charge < -0.3 is 15.4 Å². The first kappa shape index (κ1) is 17.7. The summed E-state index contributed by atoms with van der Waals surface area (Å²) in [7, 11) is 1.68. The zero-order valence-electron chi connectivity index (χ0n) is 13.4. The second kappa shape index (κ2) is 10.4. The highest BCUT2D eigenvalue weighted by atomic mass is 16.5. The van der Waals surface area contributed by atoms with Gasteiger partial charge in [0.2, 0.25) is 5.91 Å². The second-order valence-corrected chi connectivity index (χ2v) is 5.68. The third kappa shape index (κ3) is 8.48. The van der Waals surface area contributed by atoms with Crippen molar-refractivity contribution in [2.75, 3.05) is 33.4 Å². The molecule has 0 spiro atoms. The number of ether oxygens (including phenoxy) is 1. The molecule has 0 aliphatic carbocycles. The van der Waals surface area contributed by atoms with Crippen LogP contribution in [0.2, 0.25) is 0 Å². The SMILES string of the molecule is COCCNCCNC(=O)Cc1ccc(CC(C)C)cc1.